The molecule has 4 rings (SSSR count). The smallest absolute Gasteiger partial charge is 0.333 e. The first kappa shape index (κ1) is 28.5. The maximum Gasteiger partial charge on any atom is 0.333 e. The highest BCUT2D eigenvalue weighted by atomic mass is 32.2. The van der Waals surface area contributed by atoms with Crippen LogP contribution in [0.1, 0.15) is 50.2 Å². The van der Waals surface area contributed by atoms with E-state index in [-0.39, 0.29) is 30.2 Å². The maximum atomic E-state index is 13.4. The number of hydrogen-bond donors (Lipinski definition) is 1. The van der Waals surface area contributed by atoms with E-state index in [0.29, 0.717) is 0 Å². The first-order chi connectivity index (χ1) is 19.0. The van der Waals surface area contributed by atoms with E-state index in [9.17, 15) is 14.4 Å². The van der Waals surface area contributed by atoms with Crippen LogP contribution in [-0.4, -0.2) is 47.3 Å². The largest absolute Gasteiger partial charge is 0.497 e. The van der Waals surface area contributed by atoms with Crippen molar-refractivity contribution in [3.8, 4) is 5.75 Å². The standard InChI is InChI=1S/C31H36N2O5S/c1-3-4-5-6-7-11-14-24-21-39-30-27(32-26(34)19-22-12-9-8-10-13-22)29(35)33(30)28(24)31(36)38-20-23-15-17-25(37-2)18-16-23/h8-18,21,27-28,30H,3-7,19-20H2,1-2H3,(H,32,34)/b14-11+/t27-,28?,30-/m1/s1. The van der Waals surface area contributed by atoms with Crippen LogP contribution in [0.5, 0.6) is 5.75 Å². The van der Waals surface area contributed by atoms with Crippen LogP contribution in [0.4, 0.5) is 0 Å². The normalized spacial score (nSPS) is 20.2. The number of nitrogens with zero attached hydrogens (tertiary/aromatic N) is 1. The summed E-state index contributed by atoms with van der Waals surface area (Å²) in [5, 5.41) is 4.43. The van der Waals surface area contributed by atoms with Crippen molar-refractivity contribution in [3.05, 3.63) is 88.9 Å². The maximum absolute atomic E-state index is 13.4. The lowest BCUT2D eigenvalue weighted by molar-refractivity contribution is -0.163. The summed E-state index contributed by atoms with van der Waals surface area (Å²) in [5.74, 6) is -0.263. The van der Waals surface area contributed by atoms with Crippen LogP contribution >= 0.6 is 11.8 Å². The third-order valence-electron chi connectivity index (χ3n) is 6.84. The Morgan fingerprint density at radius 3 is 2.51 bits per heavy atom. The summed E-state index contributed by atoms with van der Waals surface area (Å²) in [5.41, 5.74) is 2.43. The number of thioether (sulfide) groups is 1. The number of unbranched alkanes of at least 4 members (excludes halogenated alkanes) is 4. The predicted molar refractivity (Wildman–Crippen MR) is 153 cm³/mol. The number of allylic oxidation sites excluding steroid dienone is 1. The third-order valence-corrected chi connectivity index (χ3v) is 8.03. The zero-order chi connectivity index (χ0) is 27.6. The fourth-order valence-electron chi connectivity index (χ4n) is 4.66. The Kier molecular flexibility index (Phi) is 10.3. The van der Waals surface area contributed by atoms with Gasteiger partial charge in [0, 0.05) is 0 Å². The molecule has 39 heavy (non-hydrogen) atoms. The molecule has 2 heterocycles. The van der Waals surface area contributed by atoms with Gasteiger partial charge in [-0.25, -0.2) is 4.79 Å². The van der Waals surface area contributed by atoms with Gasteiger partial charge in [0.2, 0.25) is 11.8 Å². The summed E-state index contributed by atoms with van der Waals surface area (Å²) in [6.45, 7) is 2.27. The number of carbonyl (C=O) groups excluding carboxylic acids is 3. The lowest BCUT2D eigenvalue weighted by Gasteiger charge is -2.51. The van der Waals surface area contributed by atoms with Crippen molar-refractivity contribution in [3.63, 3.8) is 0 Å². The second-order valence-corrected chi connectivity index (χ2v) is 10.7. The molecular weight excluding hydrogens is 512 g/mol. The second-order valence-electron chi connectivity index (χ2n) is 9.71. The van der Waals surface area contributed by atoms with Crippen molar-refractivity contribution < 1.29 is 23.9 Å². The minimum absolute atomic E-state index is 0.0877. The monoisotopic (exact) mass is 548 g/mol. The molecule has 0 aliphatic carbocycles. The number of carbonyl (C=O) groups is 3. The van der Waals surface area contributed by atoms with E-state index in [0.717, 1.165) is 35.3 Å². The third kappa shape index (κ3) is 7.32. The van der Waals surface area contributed by atoms with E-state index in [2.05, 4.69) is 18.3 Å². The highest BCUT2D eigenvalue weighted by Gasteiger charge is 2.55. The molecule has 0 radical (unpaired) electrons. The van der Waals surface area contributed by atoms with E-state index < -0.39 is 18.1 Å². The van der Waals surface area contributed by atoms with Crippen molar-refractivity contribution in [2.24, 2.45) is 0 Å². The number of β-lactam (4-membered cyclic amide) rings is 1. The molecule has 0 saturated carbocycles. The van der Waals surface area contributed by atoms with Gasteiger partial charge in [-0.15, -0.1) is 11.8 Å². The van der Waals surface area contributed by atoms with Gasteiger partial charge in [0.05, 0.1) is 13.5 Å². The molecule has 206 valence electrons. The van der Waals surface area contributed by atoms with Gasteiger partial charge in [0.1, 0.15) is 23.8 Å². The minimum Gasteiger partial charge on any atom is -0.497 e. The average Bonchev–Trinajstić information content (AvgIpc) is 2.96. The molecule has 0 bridgehead atoms. The number of esters is 1. The van der Waals surface area contributed by atoms with Gasteiger partial charge >= 0.3 is 5.97 Å². The van der Waals surface area contributed by atoms with E-state index in [4.69, 9.17) is 9.47 Å². The number of ether oxygens (including phenoxy) is 2. The Labute approximate surface area is 234 Å². The number of amides is 2. The topological polar surface area (TPSA) is 84.9 Å². The van der Waals surface area contributed by atoms with Crippen LogP contribution in [-0.2, 0) is 32.1 Å². The lowest BCUT2D eigenvalue weighted by Crippen LogP contribution is -2.74. The van der Waals surface area contributed by atoms with Gasteiger partial charge in [0.25, 0.3) is 0 Å². The quantitative estimate of drug-likeness (QED) is 0.211. The van der Waals surface area contributed by atoms with Crippen molar-refractivity contribution >= 4 is 29.5 Å². The Bertz CT molecular complexity index is 1200. The molecule has 0 aromatic heterocycles. The minimum atomic E-state index is -0.851. The first-order valence-electron chi connectivity index (χ1n) is 13.5. The number of hydrogen-bond acceptors (Lipinski definition) is 6. The van der Waals surface area contributed by atoms with Gasteiger partial charge in [-0.3, -0.25) is 9.59 Å². The summed E-state index contributed by atoms with van der Waals surface area (Å²) in [6.07, 6.45) is 9.72. The van der Waals surface area contributed by atoms with Crippen LogP contribution in [0, 0.1) is 0 Å². The number of nitrogens with one attached hydrogen (secondary N) is 1. The Hall–Kier alpha value is -3.52. The number of methoxy groups -OCH3 is 1. The predicted octanol–water partition coefficient (Wildman–Crippen LogP) is 5.16. The molecule has 2 aromatic carbocycles. The van der Waals surface area contributed by atoms with Crippen molar-refractivity contribution in [2.75, 3.05) is 7.11 Å². The van der Waals surface area contributed by atoms with Gasteiger partial charge in [0.15, 0.2) is 6.04 Å². The summed E-state index contributed by atoms with van der Waals surface area (Å²) in [4.78, 5) is 40.8. The van der Waals surface area contributed by atoms with Crippen molar-refractivity contribution in [1.82, 2.24) is 10.2 Å². The number of rotatable bonds is 13. The Morgan fingerprint density at radius 2 is 1.79 bits per heavy atom. The zero-order valence-electron chi connectivity index (χ0n) is 22.5. The van der Waals surface area contributed by atoms with Gasteiger partial charge < -0.3 is 19.7 Å². The molecule has 2 aliphatic rings. The van der Waals surface area contributed by atoms with Crippen LogP contribution in [0.2, 0.25) is 0 Å². The zero-order valence-corrected chi connectivity index (χ0v) is 23.3. The summed E-state index contributed by atoms with van der Waals surface area (Å²) < 4.78 is 10.9. The summed E-state index contributed by atoms with van der Waals surface area (Å²) in [6, 6.07) is 15.2. The van der Waals surface area contributed by atoms with E-state index >= 15 is 0 Å². The fraction of sp³-hybridized carbons (Fsp3) is 0.387. The SMILES string of the molecule is CCCCCC/C=C/C1=CS[C@@H]2[C@H](NC(=O)Cc3ccccc3)C(=O)N2C1C(=O)OCc1ccc(OC)cc1. The molecule has 7 nitrogen and oxygen atoms in total. The molecule has 2 aliphatic heterocycles. The molecule has 3 atom stereocenters. The first-order valence-corrected chi connectivity index (χ1v) is 14.4. The second kappa shape index (κ2) is 14.0. The Balaban J connectivity index is 1.43. The van der Waals surface area contributed by atoms with Crippen molar-refractivity contribution in [2.45, 2.75) is 69.5 Å². The molecule has 0 spiro atoms. The molecular formula is C31H36N2O5S. The van der Waals surface area contributed by atoms with E-state index in [1.54, 1.807) is 12.0 Å². The van der Waals surface area contributed by atoms with Crippen molar-refractivity contribution in [1.29, 1.82) is 0 Å². The average molecular weight is 549 g/mol. The molecule has 1 N–H and O–H groups in total. The van der Waals surface area contributed by atoms with Crippen LogP contribution in [0.25, 0.3) is 0 Å². The molecule has 2 amide bonds. The molecule has 1 saturated heterocycles. The highest BCUT2D eigenvalue weighted by Crippen LogP contribution is 2.41. The summed E-state index contributed by atoms with van der Waals surface area (Å²) in [7, 11) is 1.60. The van der Waals surface area contributed by atoms with Crippen LogP contribution in [0.15, 0.2) is 77.7 Å². The van der Waals surface area contributed by atoms with Gasteiger partial charge in [-0.2, -0.15) is 0 Å². The van der Waals surface area contributed by atoms with Crippen LogP contribution in [0.3, 0.4) is 0 Å². The highest BCUT2D eigenvalue weighted by molar-refractivity contribution is 8.03. The fourth-order valence-corrected chi connectivity index (χ4v) is 5.86. The van der Waals surface area contributed by atoms with Crippen LogP contribution < -0.4 is 10.1 Å². The molecule has 8 heteroatoms. The molecule has 2 aromatic rings. The van der Waals surface area contributed by atoms with Gasteiger partial charge in [-0.05, 0) is 47.1 Å². The number of fused-ring (bicyclic) bond motifs is 1. The molecule has 1 fully saturated rings. The summed E-state index contributed by atoms with van der Waals surface area (Å²) >= 11 is 1.45. The van der Waals surface area contributed by atoms with E-state index in [1.807, 2.05) is 66.1 Å². The Morgan fingerprint density at radius 1 is 1.03 bits per heavy atom. The van der Waals surface area contributed by atoms with E-state index in [1.165, 1.54) is 31.0 Å². The molecule has 1 unspecified atom stereocenters. The van der Waals surface area contributed by atoms with Gasteiger partial charge in [-0.1, -0.05) is 80.8 Å². The lowest BCUT2D eigenvalue weighted by atomic mass is 9.97. The number of benzene rings is 2.